The van der Waals surface area contributed by atoms with Gasteiger partial charge in [0.2, 0.25) is 0 Å². The Bertz CT molecular complexity index is 106. The summed E-state index contributed by atoms with van der Waals surface area (Å²) >= 11 is 0. The van der Waals surface area contributed by atoms with E-state index in [1.54, 1.807) is 12.3 Å². The summed E-state index contributed by atoms with van der Waals surface area (Å²) in [6.07, 6.45) is 7.59. The molecular formula is C10H25CrP3. The Hall–Kier alpha value is 1.82. The van der Waals surface area contributed by atoms with Crippen molar-refractivity contribution in [3.63, 3.8) is 0 Å². The van der Waals surface area contributed by atoms with E-state index in [1.807, 2.05) is 0 Å². The zero-order valence-electron chi connectivity index (χ0n) is 10.3. The van der Waals surface area contributed by atoms with Crippen LogP contribution < -0.4 is 0 Å². The molecule has 0 rings (SSSR count). The number of hydrogen-bond donors (Lipinski definition) is 0. The van der Waals surface area contributed by atoms with Crippen LogP contribution in [-0.2, 0) is 17.4 Å². The second-order valence-electron chi connectivity index (χ2n) is 4.04. The molecule has 4 heteroatoms. The van der Waals surface area contributed by atoms with Gasteiger partial charge in [-0.25, -0.2) is 0 Å². The summed E-state index contributed by atoms with van der Waals surface area (Å²) in [5.74, 6) is 0. The van der Waals surface area contributed by atoms with Crippen LogP contribution in [0.15, 0.2) is 0 Å². The second-order valence-corrected chi connectivity index (χ2v) is 12.1. The van der Waals surface area contributed by atoms with Crippen molar-refractivity contribution in [2.24, 2.45) is 0 Å². The Morgan fingerprint density at radius 1 is 0.714 bits per heavy atom. The topological polar surface area (TPSA) is 0 Å². The standard InChI is InChI=1S/C10H25P3.Cr/c1-6-13(9-7-11(2)3)10-8-12(4)5;/h6-10H2,1-5H3;. The maximum Gasteiger partial charge on any atom is 0 e. The largest absolute Gasteiger partial charge is 0.113 e. The van der Waals surface area contributed by atoms with Gasteiger partial charge in [0.15, 0.2) is 0 Å². The van der Waals surface area contributed by atoms with Crippen LogP contribution >= 0.6 is 23.8 Å². The van der Waals surface area contributed by atoms with Gasteiger partial charge in [-0.2, -0.15) is 0 Å². The quantitative estimate of drug-likeness (QED) is 0.622. The van der Waals surface area contributed by atoms with Crippen molar-refractivity contribution in [1.29, 1.82) is 0 Å². The van der Waals surface area contributed by atoms with Crippen molar-refractivity contribution in [3.05, 3.63) is 0 Å². The number of hydrogen-bond acceptors (Lipinski definition) is 0. The molecule has 0 aromatic heterocycles. The van der Waals surface area contributed by atoms with E-state index in [0.717, 1.165) is 0 Å². The first-order valence-corrected chi connectivity index (χ1v) is 11.8. The summed E-state index contributed by atoms with van der Waals surface area (Å²) in [7, 11) is 1.12. The van der Waals surface area contributed by atoms with Gasteiger partial charge < -0.3 is 0 Å². The molecule has 0 saturated carbocycles. The van der Waals surface area contributed by atoms with Crippen LogP contribution in [0.1, 0.15) is 6.92 Å². The van der Waals surface area contributed by atoms with Crippen molar-refractivity contribution in [2.75, 3.05) is 57.5 Å². The Labute approximate surface area is 105 Å². The van der Waals surface area contributed by atoms with Gasteiger partial charge in [0.05, 0.1) is 0 Å². The van der Waals surface area contributed by atoms with Gasteiger partial charge in [-0.3, -0.25) is 0 Å². The minimum absolute atomic E-state index is 0. The zero-order valence-corrected chi connectivity index (χ0v) is 14.2. The molecule has 0 aliphatic rings. The molecule has 0 heterocycles. The van der Waals surface area contributed by atoms with Crippen LogP contribution in [0.3, 0.4) is 0 Å². The van der Waals surface area contributed by atoms with Crippen molar-refractivity contribution < 1.29 is 17.4 Å². The van der Waals surface area contributed by atoms with E-state index in [2.05, 4.69) is 33.6 Å². The maximum atomic E-state index is 2.41. The molecule has 0 aliphatic carbocycles. The van der Waals surface area contributed by atoms with E-state index in [-0.39, 0.29) is 17.4 Å². The van der Waals surface area contributed by atoms with Crippen LogP contribution in [0.2, 0.25) is 0 Å². The van der Waals surface area contributed by atoms with Gasteiger partial charge in [-0.15, -0.1) is 23.8 Å². The van der Waals surface area contributed by atoms with E-state index in [4.69, 9.17) is 0 Å². The minimum atomic E-state index is 0. The van der Waals surface area contributed by atoms with Gasteiger partial charge in [-0.05, 0) is 57.5 Å². The van der Waals surface area contributed by atoms with E-state index in [9.17, 15) is 0 Å². The molecule has 0 amide bonds. The normalized spacial score (nSPS) is 11.1. The van der Waals surface area contributed by atoms with Crippen LogP contribution in [0.5, 0.6) is 0 Å². The van der Waals surface area contributed by atoms with Gasteiger partial charge >= 0.3 is 0 Å². The first kappa shape index (κ1) is 18.2. The molecule has 0 aromatic rings. The first-order valence-electron chi connectivity index (χ1n) is 5.08. The smallest absolute Gasteiger partial charge is 0 e. The van der Waals surface area contributed by atoms with Gasteiger partial charge in [0.25, 0.3) is 0 Å². The third-order valence-corrected chi connectivity index (χ3v) is 7.72. The molecule has 14 heavy (non-hydrogen) atoms. The Morgan fingerprint density at radius 2 is 1.07 bits per heavy atom. The molecule has 0 radical (unpaired) electrons. The van der Waals surface area contributed by atoms with Crippen LogP contribution in [0.4, 0.5) is 0 Å². The fraction of sp³-hybridized carbons (Fsp3) is 1.00. The molecular weight excluding hydrogens is 265 g/mol. The monoisotopic (exact) mass is 290 g/mol. The Balaban J connectivity index is 0. The molecule has 0 aromatic carbocycles. The summed E-state index contributed by atoms with van der Waals surface area (Å²) in [5.41, 5.74) is 0. The van der Waals surface area contributed by atoms with E-state index in [1.165, 1.54) is 18.5 Å². The molecule has 0 nitrogen and oxygen atoms in total. The fourth-order valence-corrected chi connectivity index (χ4v) is 7.43. The SMILES string of the molecule is CCP(CCP(C)C)CCP(C)C.[Cr]. The molecule has 0 saturated heterocycles. The van der Waals surface area contributed by atoms with Gasteiger partial charge in [0.1, 0.15) is 0 Å². The van der Waals surface area contributed by atoms with Crippen LogP contribution in [-0.4, -0.2) is 57.5 Å². The first-order chi connectivity index (χ1) is 6.06. The Kier molecular flexibility index (Phi) is 14.7. The molecule has 0 spiro atoms. The molecule has 0 aliphatic heterocycles. The number of rotatable bonds is 7. The predicted molar refractivity (Wildman–Crippen MR) is 74.5 cm³/mol. The van der Waals surface area contributed by atoms with Crippen molar-refractivity contribution in [1.82, 2.24) is 0 Å². The van der Waals surface area contributed by atoms with Crippen molar-refractivity contribution in [2.45, 2.75) is 6.92 Å². The summed E-state index contributed by atoms with van der Waals surface area (Å²) in [6.45, 7) is 12.0. The third-order valence-electron chi connectivity index (χ3n) is 2.17. The molecule has 0 fully saturated rings. The summed E-state index contributed by atoms with van der Waals surface area (Å²) in [6, 6.07) is 0. The Morgan fingerprint density at radius 3 is 1.29 bits per heavy atom. The fourth-order valence-electron chi connectivity index (χ4n) is 1.11. The van der Waals surface area contributed by atoms with Crippen LogP contribution in [0, 0.1) is 0 Å². The second kappa shape index (κ2) is 11.3. The summed E-state index contributed by atoms with van der Waals surface area (Å²) in [4.78, 5) is 0. The van der Waals surface area contributed by atoms with Crippen molar-refractivity contribution in [3.8, 4) is 0 Å². The average molecular weight is 290 g/mol. The van der Waals surface area contributed by atoms with E-state index < -0.39 is 0 Å². The molecule has 0 atom stereocenters. The average Bonchev–Trinajstić information content (AvgIpc) is 2.04. The molecule has 0 unspecified atom stereocenters. The molecule has 86 valence electrons. The zero-order chi connectivity index (χ0) is 10.3. The maximum absolute atomic E-state index is 2.41. The van der Waals surface area contributed by atoms with Crippen LogP contribution in [0.25, 0.3) is 0 Å². The van der Waals surface area contributed by atoms with E-state index >= 15 is 0 Å². The third kappa shape index (κ3) is 11.9. The molecule has 0 N–H and O–H groups in total. The summed E-state index contributed by atoms with van der Waals surface area (Å²) < 4.78 is 0. The van der Waals surface area contributed by atoms with Gasteiger partial charge in [0, 0.05) is 17.4 Å². The van der Waals surface area contributed by atoms with Gasteiger partial charge in [-0.1, -0.05) is 6.92 Å². The summed E-state index contributed by atoms with van der Waals surface area (Å²) in [5, 5.41) is 0. The minimum Gasteiger partial charge on any atom is -0.113 e. The van der Waals surface area contributed by atoms with E-state index in [0.29, 0.717) is 23.8 Å². The molecule has 0 bridgehead atoms. The van der Waals surface area contributed by atoms with Crippen molar-refractivity contribution >= 4 is 23.8 Å². The predicted octanol–water partition coefficient (Wildman–Crippen LogP) is 3.97.